The minimum Gasteiger partial charge on any atom is -0.343 e. The van der Waals surface area contributed by atoms with Crippen LogP contribution in [0.4, 0.5) is 5.69 Å². The highest BCUT2D eigenvalue weighted by atomic mass is 16.6. The van der Waals surface area contributed by atoms with Crippen LogP contribution >= 0.6 is 0 Å². The Kier molecular flexibility index (Phi) is 2.99. The van der Waals surface area contributed by atoms with E-state index in [-0.39, 0.29) is 10.6 Å². The van der Waals surface area contributed by atoms with Gasteiger partial charge < -0.3 is 4.57 Å². The van der Waals surface area contributed by atoms with E-state index in [0.29, 0.717) is 6.54 Å². The van der Waals surface area contributed by atoms with Crippen LogP contribution in [0.25, 0.3) is 10.9 Å². The third-order valence-electron chi connectivity index (χ3n) is 3.46. The van der Waals surface area contributed by atoms with Crippen LogP contribution in [0.5, 0.6) is 0 Å². The smallest absolute Gasteiger partial charge is 0.274 e. The SMILES string of the molecule is Cc1ccc2ccn(Cc3ccccc3[N+](=O)[O-])c2c1. The largest absolute Gasteiger partial charge is 0.343 e. The summed E-state index contributed by atoms with van der Waals surface area (Å²) in [5, 5.41) is 12.2. The average Bonchev–Trinajstić information content (AvgIpc) is 2.82. The molecule has 0 radical (unpaired) electrons. The maximum atomic E-state index is 11.1. The topological polar surface area (TPSA) is 48.1 Å². The van der Waals surface area contributed by atoms with Crippen molar-refractivity contribution in [3.05, 3.63) is 76.0 Å². The minimum atomic E-state index is -0.327. The van der Waals surface area contributed by atoms with E-state index in [9.17, 15) is 10.1 Å². The number of nitrogens with zero attached hydrogens (tertiary/aromatic N) is 2. The maximum Gasteiger partial charge on any atom is 0.274 e. The van der Waals surface area contributed by atoms with Crippen molar-refractivity contribution in [2.24, 2.45) is 0 Å². The molecule has 0 spiro atoms. The van der Waals surface area contributed by atoms with Gasteiger partial charge in [-0.1, -0.05) is 30.3 Å². The summed E-state index contributed by atoms with van der Waals surface area (Å²) in [5.74, 6) is 0. The summed E-state index contributed by atoms with van der Waals surface area (Å²) in [4.78, 5) is 10.7. The molecule has 0 bridgehead atoms. The van der Waals surface area contributed by atoms with Crippen LogP contribution in [0.3, 0.4) is 0 Å². The Labute approximate surface area is 116 Å². The highest BCUT2D eigenvalue weighted by molar-refractivity contribution is 5.80. The molecule has 20 heavy (non-hydrogen) atoms. The van der Waals surface area contributed by atoms with E-state index in [0.717, 1.165) is 16.5 Å². The Morgan fingerprint density at radius 3 is 2.75 bits per heavy atom. The summed E-state index contributed by atoms with van der Waals surface area (Å²) in [6, 6.07) is 15.1. The van der Waals surface area contributed by atoms with Gasteiger partial charge in [0.1, 0.15) is 0 Å². The molecule has 0 atom stereocenters. The van der Waals surface area contributed by atoms with Crippen LogP contribution < -0.4 is 0 Å². The molecule has 0 saturated carbocycles. The molecule has 0 unspecified atom stereocenters. The van der Waals surface area contributed by atoms with Gasteiger partial charge in [0.25, 0.3) is 5.69 Å². The molecule has 0 aliphatic rings. The van der Waals surface area contributed by atoms with Crippen molar-refractivity contribution >= 4 is 16.6 Å². The lowest BCUT2D eigenvalue weighted by molar-refractivity contribution is -0.385. The summed E-state index contributed by atoms with van der Waals surface area (Å²) in [6.07, 6.45) is 1.97. The van der Waals surface area contributed by atoms with E-state index >= 15 is 0 Å². The molecule has 3 aromatic rings. The number of para-hydroxylation sites is 1. The highest BCUT2D eigenvalue weighted by Crippen LogP contribution is 2.23. The molecule has 2 aromatic carbocycles. The van der Waals surface area contributed by atoms with E-state index < -0.39 is 0 Å². The number of fused-ring (bicyclic) bond motifs is 1. The molecular weight excluding hydrogens is 252 g/mol. The molecule has 3 rings (SSSR count). The molecular formula is C16H14N2O2. The maximum absolute atomic E-state index is 11.1. The first-order valence-corrected chi connectivity index (χ1v) is 6.43. The summed E-state index contributed by atoms with van der Waals surface area (Å²) in [5.41, 5.74) is 3.17. The molecule has 0 aliphatic heterocycles. The van der Waals surface area contributed by atoms with Gasteiger partial charge >= 0.3 is 0 Å². The lowest BCUT2D eigenvalue weighted by Crippen LogP contribution is -2.02. The molecule has 4 heteroatoms. The van der Waals surface area contributed by atoms with Gasteiger partial charge in [-0.15, -0.1) is 0 Å². The first-order chi connectivity index (χ1) is 9.65. The molecule has 4 nitrogen and oxygen atoms in total. The molecule has 0 aliphatic carbocycles. The Hall–Kier alpha value is -2.62. The Morgan fingerprint density at radius 2 is 1.95 bits per heavy atom. The average molecular weight is 266 g/mol. The highest BCUT2D eigenvalue weighted by Gasteiger charge is 2.13. The van der Waals surface area contributed by atoms with Crippen molar-refractivity contribution in [2.75, 3.05) is 0 Å². The zero-order chi connectivity index (χ0) is 14.1. The molecule has 0 amide bonds. The van der Waals surface area contributed by atoms with Gasteiger partial charge in [0, 0.05) is 23.3 Å². The fourth-order valence-corrected chi connectivity index (χ4v) is 2.44. The third-order valence-corrected chi connectivity index (χ3v) is 3.46. The Bertz CT molecular complexity index is 790. The molecule has 100 valence electrons. The molecule has 1 aromatic heterocycles. The van der Waals surface area contributed by atoms with Gasteiger partial charge in [-0.2, -0.15) is 0 Å². The van der Waals surface area contributed by atoms with Crippen molar-refractivity contribution in [2.45, 2.75) is 13.5 Å². The zero-order valence-electron chi connectivity index (χ0n) is 11.1. The molecule has 0 N–H and O–H groups in total. The van der Waals surface area contributed by atoms with Crippen molar-refractivity contribution in [1.29, 1.82) is 0 Å². The molecule has 1 heterocycles. The summed E-state index contributed by atoms with van der Waals surface area (Å²) in [7, 11) is 0. The van der Waals surface area contributed by atoms with E-state index in [2.05, 4.69) is 18.2 Å². The van der Waals surface area contributed by atoms with Gasteiger partial charge in [-0.25, -0.2) is 0 Å². The van der Waals surface area contributed by atoms with Gasteiger partial charge in [-0.3, -0.25) is 10.1 Å². The predicted octanol–water partition coefficient (Wildman–Crippen LogP) is 3.91. The lowest BCUT2D eigenvalue weighted by atomic mass is 10.1. The number of aryl methyl sites for hydroxylation is 1. The van der Waals surface area contributed by atoms with Gasteiger partial charge in [0.15, 0.2) is 0 Å². The number of nitro groups is 1. The molecule has 0 fully saturated rings. The van der Waals surface area contributed by atoms with Crippen molar-refractivity contribution in [3.8, 4) is 0 Å². The number of rotatable bonds is 3. The van der Waals surface area contributed by atoms with E-state index in [1.807, 2.05) is 29.8 Å². The van der Waals surface area contributed by atoms with E-state index in [1.54, 1.807) is 18.2 Å². The summed E-state index contributed by atoms with van der Waals surface area (Å²) >= 11 is 0. The van der Waals surface area contributed by atoms with Crippen molar-refractivity contribution in [1.82, 2.24) is 4.57 Å². The fraction of sp³-hybridized carbons (Fsp3) is 0.125. The Balaban J connectivity index is 2.06. The van der Waals surface area contributed by atoms with Gasteiger partial charge in [0.2, 0.25) is 0 Å². The molecule has 0 saturated heterocycles. The van der Waals surface area contributed by atoms with E-state index in [4.69, 9.17) is 0 Å². The Morgan fingerprint density at radius 1 is 1.15 bits per heavy atom. The summed E-state index contributed by atoms with van der Waals surface area (Å²) in [6.45, 7) is 2.55. The monoisotopic (exact) mass is 266 g/mol. The minimum absolute atomic E-state index is 0.169. The van der Waals surface area contributed by atoms with E-state index in [1.165, 1.54) is 5.56 Å². The van der Waals surface area contributed by atoms with Gasteiger partial charge in [-0.05, 0) is 30.0 Å². The second kappa shape index (κ2) is 4.81. The number of benzene rings is 2. The summed E-state index contributed by atoms with van der Waals surface area (Å²) < 4.78 is 2.05. The third kappa shape index (κ3) is 2.16. The number of hydrogen-bond donors (Lipinski definition) is 0. The standard InChI is InChI=1S/C16H14N2O2/c1-12-6-7-13-8-9-17(16(13)10-12)11-14-4-2-3-5-15(14)18(19)20/h2-10H,11H2,1H3. The van der Waals surface area contributed by atoms with Crippen LogP contribution in [0.1, 0.15) is 11.1 Å². The van der Waals surface area contributed by atoms with Crippen molar-refractivity contribution < 1.29 is 4.92 Å². The number of aromatic nitrogens is 1. The second-order valence-corrected chi connectivity index (χ2v) is 4.89. The van der Waals surface area contributed by atoms with Crippen LogP contribution in [-0.4, -0.2) is 9.49 Å². The fourth-order valence-electron chi connectivity index (χ4n) is 2.44. The van der Waals surface area contributed by atoms with Crippen LogP contribution in [0.15, 0.2) is 54.7 Å². The number of hydrogen-bond acceptors (Lipinski definition) is 2. The van der Waals surface area contributed by atoms with Crippen LogP contribution in [0.2, 0.25) is 0 Å². The predicted molar refractivity (Wildman–Crippen MR) is 78.9 cm³/mol. The van der Waals surface area contributed by atoms with Gasteiger partial charge in [0.05, 0.1) is 11.5 Å². The normalized spacial score (nSPS) is 10.8. The first-order valence-electron chi connectivity index (χ1n) is 6.43. The van der Waals surface area contributed by atoms with Crippen molar-refractivity contribution in [3.63, 3.8) is 0 Å². The van der Waals surface area contributed by atoms with Crippen LogP contribution in [0, 0.1) is 17.0 Å². The zero-order valence-corrected chi connectivity index (χ0v) is 11.1. The first kappa shape index (κ1) is 12.4. The second-order valence-electron chi connectivity index (χ2n) is 4.89. The quantitative estimate of drug-likeness (QED) is 0.533. The lowest BCUT2D eigenvalue weighted by Gasteiger charge is -2.07. The van der Waals surface area contributed by atoms with Crippen LogP contribution in [-0.2, 0) is 6.54 Å². The number of nitro benzene ring substituents is 1.